The van der Waals surface area contributed by atoms with Gasteiger partial charge in [0.25, 0.3) is 0 Å². The van der Waals surface area contributed by atoms with Gasteiger partial charge >= 0.3 is 6.09 Å². The first-order valence-electron chi connectivity index (χ1n) is 3.84. The van der Waals surface area contributed by atoms with Gasteiger partial charge in [-0.05, 0) is 13.8 Å². The number of nitrogens with one attached hydrogen (secondary N) is 1. The Morgan fingerprint density at radius 2 is 2.25 bits per heavy atom. The Morgan fingerprint density at radius 3 is 2.58 bits per heavy atom. The molecule has 72 valence electrons. The van der Waals surface area contributed by atoms with E-state index in [1.54, 1.807) is 6.92 Å². The highest BCUT2D eigenvalue weighted by Gasteiger charge is 2.16. The predicted molar refractivity (Wildman–Crippen MR) is 42.7 cm³/mol. The van der Waals surface area contributed by atoms with Gasteiger partial charge in [-0.2, -0.15) is 0 Å². The Morgan fingerprint density at radius 1 is 1.67 bits per heavy atom. The second-order valence-electron chi connectivity index (χ2n) is 2.39. The summed E-state index contributed by atoms with van der Waals surface area (Å²) >= 11 is 0. The molecule has 0 aromatic carbocycles. The van der Waals surface area contributed by atoms with Gasteiger partial charge in [-0.25, -0.2) is 4.79 Å². The van der Waals surface area contributed by atoms with E-state index in [-0.39, 0.29) is 13.2 Å². The Hall–Kier alpha value is -0.810. The highest BCUT2D eigenvalue weighted by atomic mass is 16.5. The zero-order valence-corrected chi connectivity index (χ0v) is 7.28. The number of alkyl carbamates (subject to hydrolysis) is 1. The van der Waals surface area contributed by atoms with Crippen LogP contribution in [0.1, 0.15) is 13.8 Å². The lowest BCUT2D eigenvalue weighted by molar-refractivity contribution is 0.0896. The maximum atomic E-state index is 10.8. The molecule has 0 radical (unpaired) electrons. The number of hydrogen-bond acceptors (Lipinski definition) is 4. The van der Waals surface area contributed by atoms with Gasteiger partial charge in [-0.15, -0.1) is 0 Å². The average Bonchev–Trinajstić information content (AvgIpc) is 2.00. The van der Waals surface area contributed by atoms with E-state index in [4.69, 9.17) is 10.2 Å². The molecule has 1 amide bonds. The van der Waals surface area contributed by atoms with Gasteiger partial charge in [0.2, 0.25) is 0 Å². The van der Waals surface area contributed by atoms with Gasteiger partial charge < -0.3 is 20.3 Å². The van der Waals surface area contributed by atoms with Crippen LogP contribution in [0.5, 0.6) is 0 Å². The van der Waals surface area contributed by atoms with Crippen molar-refractivity contribution in [1.82, 2.24) is 5.32 Å². The number of ether oxygens (including phenoxy) is 1. The molecule has 0 aromatic rings. The lowest BCUT2D eigenvalue weighted by Gasteiger charge is -2.18. The van der Waals surface area contributed by atoms with Crippen molar-refractivity contribution in [3.63, 3.8) is 0 Å². The lowest BCUT2D eigenvalue weighted by Crippen LogP contribution is -2.44. The maximum Gasteiger partial charge on any atom is 0.407 e. The first-order chi connectivity index (χ1) is 5.61. The summed E-state index contributed by atoms with van der Waals surface area (Å²) in [5.41, 5.74) is 0. The maximum absolute atomic E-state index is 10.8. The van der Waals surface area contributed by atoms with Crippen LogP contribution in [0.15, 0.2) is 0 Å². The van der Waals surface area contributed by atoms with E-state index in [9.17, 15) is 4.79 Å². The van der Waals surface area contributed by atoms with Gasteiger partial charge in [0.15, 0.2) is 0 Å². The predicted octanol–water partition coefficient (Wildman–Crippen LogP) is -0.526. The Labute approximate surface area is 71.3 Å². The van der Waals surface area contributed by atoms with Crippen molar-refractivity contribution in [2.45, 2.75) is 26.0 Å². The van der Waals surface area contributed by atoms with Crippen LogP contribution in [-0.4, -0.2) is 41.7 Å². The second-order valence-corrected chi connectivity index (χ2v) is 2.39. The van der Waals surface area contributed by atoms with Crippen molar-refractivity contribution in [2.75, 3.05) is 13.2 Å². The number of rotatable bonds is 4. The fourth-order valence-electron chi connectivity index (χ4n) is 0.643. The summed E-state index contributed by atoms with van der Waals surface area (Å²) in [7, 11) is 0. The Balaban J connectivity index is 3.77. The fourth-order valence-corrected chi connectivity index (χ4v) is 0.643. The van der Waals surface area contributed by atoms with Crippen LogP contribution in [0, 0.1) is 0 Å². The summed E-state index contributed by atoms with van der Waals surface area (Å²) < 4.78 is 4.55. The first-order valence-corrected chi connectivity index (χ1v) is 3.84. The molecule has 0 aliphatic rings. The van der Waals surface area contributed by atoms with Crippen LogP contribution >= 0.6 is 0 Å². The highest BCUT2D eigenvalue weighted by molar-refractivity contribution is 5.67. The van der Waals surface area contributed by atoms with Crippen molar-refractivity contribution < 1.29 is 19.7 Å². The summed E-state index contributed by atoms with van der Waals surface area (Å²) in [5, 5.41) is 20.0. The largest absolute Gasteiger partial charge is 0.450 e. The van der Waals surface area contributed by atoms with Crippen molar-refractivity contribution in [3.05, 3.63) is 0 Å². The fraction of sp³-hybridized carbons (Fsp3) is 0.857. The molecular weight excluding hydrogens is 162 g/mol. The van der Waals surface area contributed by atoms with Crippen LogP contribution in [0.2, 0.25) is 0 Å². The first kappa shape index (κ1) is 11.2. The van der Waals surface area contributed by atoms with Gasteiger partial charge in [0.05, 0.1) is 25.4 Å². The Kier molecular flexibility index (Phi) is 5.40. The molecule has 0 aliphatic heterocycles. The number of hydrogen-bond donors (Lipinski definition) is 3. The Bertz CT molecular complexity index is 137. The SMILES string of the molecule is CCOC(=O)N[C@@H](CO)[C@@H](C)O. The van der Waals surface area contributed by atoms with E-state index in [0.717, 1.165) is 0 Å². The van der Waals surface area contributed by atoms with Crippen LogP contribution in [0.4, 0.5) is 4.79 Å². The molecule has 0 heterocycles. The molecule has 5 nitrogen and oxygen atoms in total. The molecule has 5 heteroatoms. The summed E-state index contributed by atoms with van der Waals surface area (Å²) in [5.74, 6) is 0. The molecule has 0 saturated heterocycles. The molecule has 0 aromatic heterocycles. The molecule has 0 spiro atoms. The third-order valence-corrected chi connectivity index (χ3v) is 1.36. The third kappa shape index (κ3) is 4.15. The second kappa shape index (κ2) is 5.79. The van der Waals surface area contributed by atoms with Crippen molar-refractivity contribution >= 4 is 6.09 Å². The van der Waals surface area contributed by atoms with E-state index in [0.29, 0.717) is 0 Å². The monoisotopic (exact) mass is 177 g/mol. The van der Waals surface area contributed by atoms with Crippen LogP contribution in [-0.2, 0) is 4.74 Å². The number of aliphatic hydroxyl groups is 2. The summed E-state index contributed by atoms with van der Waals surface area (Å²) in [4.78, 5) is 10.8. The number of carbonyl (C=O) groups is 1. The van der Waals surface area contributed by atoms with Crippen LogP contribution in [0.25, 0.3) is 0 Å². The summed E-state index contributed by atoms with van der Waals surface area (Å²) in [6.07, 6.45) is -1.42. The van der Waals surface area contributed by atoms with Gasteiger partial charge in [-0.3, -0.25) is 0 Å². The van der Waals surface area contributed by atoms with E-state index in [1.165, 1.54) is 6.92 Å². The number of carbonyl (C=O) groups excluding carboxylic acids is 1. The van der Waals surface area contributed by atoms with E-state index >= 15 is 0 Å². The zero-order chi connectivity index (χ0) is 9.56. The molecule has 0 saturated carbocycles. The van der Waals surface area contributed by atoms with Gasteiger partial charge in [-0.1, -0.05) is 0 Å². The topological polar surface area (TPSA) is 78.8 Å². The quantitative estimate of drug-likeness (QED) is 0.539. The highest BCUT2D eigenvalue weighted by Crippen LogP contribution is 1.91. The molecule has 12 heavy (non-hydrogen) atoms. The summed E-state index contributed by atoms with van der Waals surface area (Å²) in [6, 6.07) is -0.663. The van der Waals surface area contributed by atoms with Crippen LogP contribution < -0.4 is 5.32 Å². The molecule has 2 atom stereocenters. The molecule has 0 bridgehead atoms. The average molecular weight is 177 g/mol. The number of aliphatic hydroxyl groups excluding tert-OH is 2. The van der Waals surface area contributed by atoms with Crippen LogP contribution in [0.3, 0.4) is 0 Å². The minimum atomic E-state index is -0.792. The van der Waals surface area contributed by atoms with Gasteiger partial charge in [0.1, 0.15) is 0 Å². The molecule has 0 fully saturated rings. The standard InChI is InChI=1S/C7H15NO4/c1-3-12-7(11)8-6(4-9)5(2)10/h5-6,9-10H,3-4H2,1-2H3,(H,8,11)/t5-,6+/m1/s1. The lowest BCUT2D eigenvalue weighted by atomic mass is 10.2. The van der Waals surface area contributed by atoms with Crippen molar-refractivity contribution in [2.24, 2.45) is 0 Å². The van der Waals surface area contributed by atoms with Crippen molar-refractivity contribution in [1.29, 1.82) is 0 Å². The molecule has 0 aliphatic carbocycles. The molecular formula is C7H15NO4. The third-order valence-electron chi connectivity index (χ3n) is 1.36. The van der Waals surface area contributed by atoms with E-state index in [2.05, 4.69) is 10.1 Å². The van der Waals surface area contributed by atoms with E-state index < -0.39 is 18.2 Å². The normalized spacial score (nSPS) is 15.0. The van der Waals surface area contributed by atoms with Gasteiger partial charge in [0, 0.05) is 0 Å². The number of amides is 1. The summed E-state index contributed by atoms with van der Waals surface area (Å²) in [6.45, 7) is 3.11. The minimum absolute atomic E-state index is 0.268. The molecule has 0 unspecified atom stereocenters. The van der Waals surface area contributed by atoms with Crippen molar-refractivity contribution in [3.8, 4) is 0 Å². The minimum Gasteiger partial charge on any atom is -0.450 e. The smallest absolute Gasteiger partial charge is 0.407 e. The molecule has 0 rings (SSSR count). The molecule has 3 N–H and O–H groups in total. The zero-order valence-electron chi connectivity index (χ0n) is 7.28. The van der Waals surface area contributed by atoms with E-state index in [1.807, 2.05) is 0 Å².